The lowest BCUT2D eigenvalue weighted by Crippen LogP contribution is -2.49. The van der Waals surface area contributed by atoms with Crippen molar-refractivity contribution in [2.45, 2.75) is 4.90 Å². The highest BCUT2D eigenvalue weighted by molar-refractivity contribution is 7.89. The molecule has 1 fully saturated rings. The third-order valence-corrected chi connectivity index (χ3v) is 5.65. The first-order valence-corrected chi connectivity index (χ1v) is 8.87. The lowest BCUT2D eigenvalue weighted by molar-refractivity contribution is -0.131. The van der Waals surface area contributed by atoms with E-state index in [4.69, 9.17) is 10.00 Å². The highest BCUT2D eigenvalue weighted by atomic mass is 32.2. The number of ether oxygens (including phenoxy) is 1. The number of carbonyl (C=O) groups excluding carboxylic acids is 1. The molecule has 1 aromatic carbocycles. The van der Waals surface area contributed by atoms with Crippen molar-refractivity contribution in [2.75, 3.05) is 46.9 Å². The lowest BCUT2D eigenvalue weighted by Gasteiger charge is -2.29. The number of amides is 1. The van der Waals surface area contributed by atoms with Gasteiger partial charge in [-0.05, 0) is 18.2 Å². The van der Waals surface area contributed by atoms with Gasteiger partial charge in [-0.25, -0.2) is 8.42 Å². The first-order chi connectivity index (χ1) is 11.4. The van der Waals surface area contributed by atoms with Gasteiger partial charge in [0.1, 0.15) is 10.6 Å². The van der Waals surface area contributed by atoms with Gasteiger partial charge in [0.05, 0.1) is 25.3 Å². The van der Waals surface area contributed by atoms with Gasteiger partial charge in [0, 0.05) is 33.2 Å². The Kier molecular flexibility index (Phi) is 5.77. The fourth-order valence-corrected chi connectivity index (χ4v) is 3.66. The smallest absolute Gasteiger partial charge is 0.246 e. The normalized spacial score (nSPS) is 15.2. The van der Waals surface area contributed by atoms with Gasteiger partial charge >= 0.3 is 0 Å². The maximum atomic E-state index is 12.7. The average molecular weight is 352 g/mol. The van der Waals surface area contributed by atoms with Crippen molar-refractivity contribution in [2.24, 2.45) is 0 Å². The van der Waals surface area contributed by atoms with Crippen LogP contribution in [0.1, 0.15) is 5.56 Å². The molecule has 0 bridgehead atoms. The molecule has 8 nitrogen and oxygen atoms in total. The van der Waals surface area contributed by atoms with Crippen LogP contribution in [0.4, 0.5) is 0 Å². The van der Waals surface area contributed by atoms with E-state index in [-0.39, 0.29) is 23.1 Å². The monoisotopic (exact) mass is 352 g/mol. The maximum absolute atomic E-state index is 12.7. The van der Waals surface area contributed by atoms with Crippen molar-refractivity contribution in [3.05, 3.63) is 23.8 Å². The van der Waals surface area contributed by atoms with Gasteiger partial charge in [-0.2, -0.15) is 9.57 Å². The van der Waals surface area contributed by atoms with Crippen LogP contribution in [-0.2, 0) is 14.8 Å². The van der Waals surface area contributed by atoms with E-state index < -0.39 is 10.0 Å². The number of nitriles is 1. The first-order valence-electron chi connectivity index (χ1n) is 7.43. The molecule has 0 radical (unpaired) electrons. The van der Waals surface area contributed by atoms with Crippen molar-refractivity contribution >= 4 is 15.9 Å². The van der Waals surface area contributed by atoms with Gasteiger partial charge in [0.2, 0.25) is 15.9 Å². The molecule has 9 heteroatoms. The van der Waals surface area contributed by atoms with Gasteiger partial charge < -0.3 is 15.0 Å². The zero-order chi connectivity index (χ0) is 17.7. The van der Waals surface area contributed by atoms with Crippen LogP contribution < -0.4 is 10.1 Å². The summed E-state index contributed by atoms with van der Waals surface area (Å²) in [6.07, 6.45) is 0. The molecule has 0 aliphatic carbocycles. The minimum atomic E-state index is -3.90. The maximum Gasteiger partial charge on any atom is 0.246 e. The van der Waals surface area contributed by atoms with Crippen LogP contribution in [0.25, 0.3) is 0 Å². The predicted octanol–water partition coefficient (Wildman–Crippen LogP) is -0.381. The topological polar surface area (TPSA) is 103 Å². The Morgan fingerprint density at radius 3 is 2.67 bits per heavy atom. The zero-order valence-corrected chi connectivity index (χ0v) is 14.5. The Balaban J connectivity index is 2.20. The van der Waals surface area contributed by atoms with Crippen LogP contribution in [0, 0.1) is 11.3 Å². The summed E-state index contributed by atoms with van der Waals surface area (Å²) < 4.78 is 31.5. The second-order valence-corrected chi connectivity index (χ2v) is 7.38. The van der Waals surface area contributed by atoms with E-state index in [9.17, 15) is 13.2 Å². The van der Waals surface area contributed by atoms with Gasteiger partial charge in [-0.15, -0.1) is 0 Å². The molecule has 1 aromatic rings. The number of hydrogen-bond acceptors (Lipinski definition) is 6. The standard InChI is InChI=1S/C15H20N4O4S/c1-18(11-15(20)19-7-5-17-6-8-19)24(21,22)14-4-3-12(10-16)9-13(14)23-2/h3-4,9,17H,5-8,11H2,1-2H3. The first kappa shape index (κ1) is 18.2. The number of hydrogen-bond donors (Lipinski definition) is 1. The molecule has 1 aliphatic heterocycles. The summed E-state index contributed by atoms with van der Waals surface area (Å²) in [7, 11) is -1.22. The predicted molar refractivity (Wildman–Crippen MR) is 87.0 cm³/mol. The number of carbonyl (C=O) groups is 1. The molecule has 2 rings (SSSR count). The number of benzene rings is 1. The molecular weight excluding hydrogens is 332 g/mol. The SMILES string of the molecule is COc1cc(C#N)ccc1S(=O)(=O)N(C)CC(=O)N1CCNCC1. The largest absolute Gasteiger partial charge is 0.495 e. The van der Waals surface area contributed by atoms with Gasteiger partial charge in [0.25, 0.3) is 0 Å². The highest BCUT2D eigenvalue weighted by Gasteiger charge is 2.28. The molecule has 130 valence electrons. The number of likely N-dealkylation sites (N-methyl/N-ethyl adjacent to an activating group) is 1. The van der Waals surface area contributed by atoms with E-state index in [1.165, 1.54) is 32.4 Å². The Morgan fingerprint density at radius 1 is 1.42 bits per heavy atom. The van der Waals surface area contributed by atoms with Gasteiger partial charge in [-0.3, -0.25) is 4.79 Å². The number of nitrogens with zero attached hydrogens (tertiary/aromatic N) is 3. The third kappa shape index (κ3) is 3.84. The zero-order valence-electron chi connectivity index (χ0n) is 13.7. The van der Waals surface area contributed by atoms with E-state index in [2.05, 4.69) is 5.32 Å². The average Bonchev–Trinajstić information content (AvgIpc) is 2.61. The van der Waals surface area contributed by atoms with Crippen molar-refractivity contribution in [3.8, 4) is 11.8 Å². The molecule has 0 spiro atoms. The number of piperazine rings is 1. The third-order valence-electron chi connectivity index (χ3n) is 3.81. The van der Waals surface area contributed by atoms with E-state index in [0.29, 0.717) is 31.7 Å². The Labute approximate surface area is 141 Å². The highest BCUT2D eigenvalue weighted by Crippen LogP contribution is 2.27. The molecule has 1 aliphatic rings. The van der Waals surface area contributed by atoms with E-state index in [0.717, 1.165) is 4.31 Å². The molecular formula is C15H20N4O4S. The van der Waals surface area contributed by atoms with Crippen molar-refractivity contribution in [3.63, 3.8) is 0 Å². The fourth-order valence-electron chi connectivity index (χ4n) is 2.41. The fraction of sp³-hybridized carbons (Fsp3) is 0.467. The Bertz CT molecular complexity index is 751. The molecule has 0 atom stereocenters. The number of sulfonamides is 1. The number of nitrogens with one attached hydrogen (secondary N) is 1. The van der Waals surface area contributed by atoms with Crippen molar-refractivity contribution in [1.82, 2.24) is 14.5 Å². The van der Waals surface area contributed by atoms with Crippen LogP contribution in [0.3, 0.4) is 0 Å². The summed E-state index contributed by atoms with van der Waals surface area (Å²) in [6.45, 7) is 2.28. The van der Waals surface area contributed by atoms with Crippen LogP contribution in [0.5, 0.6) is 5.75 Å². The summed E-state index contributed by atoms with van der Waals surface area (Å²) >= 11 is 0. The second-order valence-electron chi connectivity index (χ2n) is 5.37. The summed E-state index contributed by atoms with van der Waals surface area (Å²) in [5.41, 5.74) is 0.297. The van der Waals surface area contributed by atoms with Gasteiger partial charge in [0.15, 0.2) is 0 Å². The quantitative estimate of drug-likeness (QED) is 0.775. The molecule has 1 saturated heterocycles. The van der Waals surface area contributed by atoms with Gasteiger partial charge in [-0.1, -0.05) is 0 Å². The molecule has 1 N–H and O–H groups in total. The lowest BCUT2D eigenvalue weighted by atomic mass is 10.2. The minimum absolute atomic E-state index is 0.0698. The van der Waals surface area contributed by atoms with E-state index >= 15 is 0 Å². The summed E-state index contributed by atoms with van der Waals surface area (Å²) in [6, 6.07) is 6.01. The number of methoxy groups -OCH3 is 1. The van der Waals surface area contributed by atoms with E-state index in [1.807, 2.05) is 6.07 Å². The molecule has 1 heterocycles. The second kappa shape index (κ2) is 7.61. The Hall–Kier alpha value is -2.15. The number of rotatable bonds is 5. The molecule has 1 amide bonds. The van der Waals surface area contributed by atoms with Crippen LogP contribution in [-0.4, -0.2) is 70.4 Å². The molecule has 0 aromatic heterocycles. The van der Waals surface area contributed by atoms with Crippen LogP contribution in [0.2, 0.25) is 0 Å². The van der Waals surface area contributed by atoms with Crippen molar-refractivity contribution < 1.29 is 17.9 Å². The molecule has 24 heavy (non-hydrogen) atoms. The van der Waals surface area contributed by atoms with Crippen LogP contribution in [0.15, 0.2) is 23.1 Å². The minimum Gasteiger partial charge on any atom is -0.495 e. The van der Waals surface area contributed by atoms with Crippen LogP contribution >= 0.6 is 0 Å². The molecule has 0 unspecified atom stereocenters. The summed E-state index contributed by atoms with van der Waals surface area (Å²) in [5.74, 6) is -0.161. The summed E-state index contributed by atoms with van der Waals surface area (Å²) in [5, 5.41) is 12.0. The van der Waals surface area contributed by atoms with E-state index in [1.54, 1.807) is 4.90 Å². The molecule has 0 saturated carbocycles. The summed E-state index contributed by atoms with van der Waals surface area (Å²) in [4.78, 5) is 13.8. The Morgan fingerprint density at radius 2 is 2.08 bits per heavy atom. The van der Waals surface area contributed by atoms with Crippen molar-refractivity contribution in [1.29, 1.82) is 5.26 Å².